The molecule has 3 heteroatoms. The van der Waals surface area contributed by atoms with Gasteiger partial charge < -0.3 is 10.2 Å². The van der Waals surface area contributed by atoms with E-state index >= 15 is 0 Å². The van der Waals surface area contributed by atoms with Gasteiger partial charge in [0.1, 0.15) is 11.9 Å². The van der Waals surface area contributed by atoms with Crippen molar-refractivity contribution in [2.24, 2.45) is 29.1 Å². The Hall–Kier alpha value is -0.850. The summed E-state index contributed by atoms with van der Waals surface area (Å²) in [5.74, 6) is 7.04. The van der Waals surface area contributed by atoms with Crippen LogP contribution in [0.25, 0.3) is 0 Å². The summed E-state index contributed by atoms with van der Waals surface area (Å²) in [6, 6.07) is 0. The van der Waals surface area contributed by atoms with E-state index in [2.05, 4.69) is 11.8 Å². The van der Waals surface area contributed by atoms with Gasteiger partial charge in [-0.05, 0) is 31.1 Å². The molecule has 6 atom stereocenters. The van der Waals surface area contributed by atoms with Gasteiger partial charge in [-0.1, -0.05) is 51.4 Å². The molecule has 0 bridgehead atoms. The van der Waals surface area contributed by atoms with Gasteiger partial charge in [0.2, 0.25) is 0 Å². The summed E-state index contributed by atoms with van der Waals surface area (Å²) in [7, 11) is 0. The third-order valence-corrected chi connectivity index (χ3v) is 6.46. The highest BCUT2D eigenvalue weighted by atomic mass is 16.3. The van der Waals surface area contributed by atoms with Crippen LogP contribution in [-0.4, -0.2) is 28.2 Å². The Morgan fingerprint density at radius 2 is 2.00 bits per heavy atom. The molecule has 0 saturated heterocycles. The van der Waals surface area contributed by atoms with Gasteiger partial charge in [0.15, 0.2) is 0 Å². The fourth-order valence-electron chi connectivity index (χ4n) is 5.17. The molecule has 3 saturated carbocycles. The van der Waals surface area contributed by atoms with E-state index in [1.807, 2.05) is 13.8 Å². The molecule has 0 amide bonds. The summed E-state index contributed by atoms with van der Waals surface area (Å²) in [4.78, 5) is 12.2. The number of fused-ring (bicyclic) bond motifs is 1. The van der Waals surface area contributed by atoms with Gasteiger partial charge in [-0.15, -0.1) is 0 Å². The zero-order valence-corrected chi connectivity index (χ0v) is 13.7. The van der Waals surface area contributed by atoms with Gasteiger partial charge in [-0.2, -0.15) is 0 Å². The maximum absolute atomic E-state index is 12.2. The summed E-state index contributed by atoms with van der Waals surface area (Å²) < 4.78 is 0. The molecule has 3 fully saturated rings. The van der Waals surface area contributed by atoms with Gasteiger partial charge in [-0.25, -0.2) is 0 Å². The molecule has 22 heavy (non-hydrogen) atoms. The minimum atomic E-state index is -0.588. The Bertz CT molecular complexity index is 497. The lowest BCUT2D eigenvalue weighted by molar-refractivity contribution is -0.169. The first-order valence-corrected chi connectivity index (χ1v) is 8.85. The Morgan fingerprint density at radius 3 is 2.68 bits per heavy atom. The van der Waals surface area contributed by atoms with Gasteiger partial charge in [0.05, 0.1) is 12.0 Å². The summed E-state index contributed by atoms with van der Waals surface area (Å²) in [6.07, 6.45) is 6.07. The first-order chi connectivity index (χ1) is 10.4. The van der Waals surface area contributed by atoms with E-state index in [4.69, 9.17) is 0 Å². The molecule has 3 rings (SSSR count). The highest BCUT2D eigenvalue weighted by Crippen LogP contribution is 2.57. The largest absolute Gasteiger partial charge is 0.392 e. The Kier molecular flexibility index (Phi) is 4.36. The summed E-state index contributed by atoms with van der Waals surface area (Å²) in [5, 5.41) is 20.5. The van der Waals surface area contributed by atoms with Crippen LogP contribution in [0.2, 0.25) is 0 Å². The van der Waals surface area contributed by atoms with Gasteiger partial charge in [0.25, 0.3) is 0 Å². The van der Waals surface area contributed by atoms with Crippen LogP contribution in [0.5, 0.6) is 0 Å². The fourth-order valence-corrected chi connectivity index (χ4v) is 5.17. The van der Waals surface area contributed by atoms with Crippen molar-refractivity contribution >= 4 is 5.78 Å². The van der Waals surface area contributed by atoms with Crippen LogP contribution < -0.4 is 0 Å². The molecule has 3 nitrogen and oxygen atoms in total. The standard InChI is InChI=1S/C19H28O3/c1-12-17-15(16(21)9-10-19(17,2)18(12)22)8-7-14(20)11-13-5-3-4-6-13/h12-17,20-21H,3-6,9-11H2,1-2H3/t12?,14-,15+,16-,17-,19+/m1/s1. The number of ketones is 1. The third kappa shape index (κ3) is 2.61. The van der Waals surface area contributed by atoms with Crippen LogP contribution in [0.15, 0.2) is 0 Å². The average molecular weight is 304 g/mol. The fraction of sp³-hybridized carbons (Fsp3) is 0.842. The number of hydrogen-bond donors (Lipinski definition) is 2. The van der Waals surface area contributed by atoms with Crippen LogP contribution in [0.4, 0.5) is 0 Å². The smallest absolute Gasteiger partial charge is 0.142 e. The molecular formula is C19H28O3. The minimum Gasteiger partial charge on any atom is -0.392 e. The second kappa shape index (κ2) is 5.98. The van der Waals surface area contributed by atoms with Crippen molar-refractivity contribution in [3.05, 3.63) is 0 Å². The lowest BCUT2D eigenvalue weighted by Crippen LogP contribution is -2.62. The maximum Gasteiger partial charge on any atom is 0.142 e. The maximum atomic E-state index is 12.2. The van der Waals surface area contributed by atoms with Gasteiger partial charge in [-0.3, -0.25) is 4.79 Å². The van der Waals surface area contributed by atoms with E-state index in [9.17, 15) is 15.0 Å². The zero-order chi connectivity index (χ0) is 15.9. The predicted molar refractivity (Wildman–Crippen MR) is 84.9 cm³/mol. The molecule has 3 aliphatic rings. The number of aliphatic hydroxyl groups excluding tert-OH is 2. The minimum absolute atomic E-state index is 0.00813. The van der Waals surface area contributed by atoms with Crippen molar-refractivity contribution < 1.29 is 15.0 Å². The van der Waals surface area contributed by atoms with Gasteiger partial charge in [0, 0.05) is 11.3 Å². The SMILES string of the molecule is CC1C(=O)[C@@]2(C)CC[C@@H](O)[C@H](C#C[C@@H](O)CC3CCCC3)[C@@H]12. The molecule has 2 N–H and O–H groups in total. The molecule has 1 unspecified atom stereocenters. The van der Waals surface area contributed by atoms with Crippen LogP contribution in [-0.2, 0) is 4.79 Å². The summed E-state index contributed by atoms with van der Waals surface area (Å²) >= 11 is 0. The third-order valence-electron chi connectivity index (χ3n) is 6.46. The Balaban J connectivity index is 1.67. The number of carbonyl (C=O) groups is 1. The Morgan fingerprint density at radius 1 is 1.32 bits per heavy atom. The molecule has 0 aliphatic heterocycles. The monoisotopic (exact) mass is 304 g/mol. The van der Waals surface area contributed by atoms with Crippen LogP contribution in [0.1, 0.15) is 58.8 Å². The van der Waals surface area contributed by atoms with Crippen LogP contribution in [0.3, 0.4) is 0 Å². The quantitative estimate of drug-likeness (QED) is 0.771. The van der Waals surface area contributed by atoms with E-state index in [0.29, 0.717) is 18.1 Å². The van der Waals surface area contributed by atoms with E-state index < -0.39 is 12.2 Å². The topological polar surface area (TPSA) is 57.5 Å². The highest BCUT2D eigenvalue weighted by molar-refractivity contribution is 5.93. The van der Waals surface area contributed by atoms with Crippen molar-refractivity contribution in [2.75, 3.05) is 0 Å². The molecule has 3 aliphatic carbocycles. The molecule has 0 spiro atoms. The van der Waals surface area contributed by atoms with Crippen molar-refractivity contribution in [2.45, 2.75) is 71.0 Å². The predicted octanol–water partition coefficient (Wildman–Crippen LogP) is 2.54. The average Bonchev–Trinajstić information content (AvgIpc) is 3.00. The number of Topliss-reactive ketones (excluding diaryl/α,β-unsaturated/α-hetero) is 1. The lowest BCUT2D eigenvalue weighted by atomic mass is 9.45. The van der Waals surface area contributed by atoms with Crippen molar-refractivity contribution in [3.8, 4) is 11.8 Å². The van der Waals surface area contributed by atoms with Crippen molar-refractivity contribution in [3.63, 3.8) is 0 Å². The molecular weight excluding hydrogens is 276 g/mol. The van der Waals surface area contributed by atoms with Crippen LogP contribution >= 0.6 is 0 Å². The molecule has 0 radical (unpaired) electrons. The summed E-state index contributed by atoms with van der Waals surface area (Å²) in [5.41, 5.74) is -0.297. The first kappa shape index (κ1) is 16.0. The van der Waals surface area contributed by atoms with E-state index in [-0.39, 0.29) is 23.2 Å². The molecule has 0 heterocycles. The first-order valence-electron chi connectivity index (χ1n) is 8.85. The zero-order valence-electron chi connectivity index (χ0n) is 13.7. The number of aliphatic hydroxyl groups is 2. The number of carbonyl (C=O) groups excluding carboxylic acids is 1. The van der Waals surface area contributed by atoms with Gasteiger partial charge >= 0.3 is 0 Å². The van der Waals surface area contributed by atoms with Crippen LogP contribution in [0, 0.1) is 40.9 Å². The normalized spacial score (nSPS) is 43.0. The van der Waals surface area contributed by atoms with E-state index in [0.717, 1.165) is 12.8 Å². The molecule has 0 aromatic carbocycles. The highest BCUT2D eigenvalue weighted by Gasteiger charge is 2.62. The Labute approximate surface area is 133 Å². The molecule has 0 aromatic rings. The second-order valence-electron chi connectivity index (χ2n) is 7.92. The van der Waals surface area contributed by atoms with Crippen molar-refractivity contribution in [1.29, 1.82) is 0 Å². The van der Waals surface area contributed by atoms with E-state index in [1.165, 1.54) is 25.7 Å². The molecule has 122 valence electrons. The second-order valence-corrected chi connectivity index (χ2v) is 7.92. The lowest BCUT2D eigenvalue weighted by Gasteiger charge is -2.57. The van der Waals surface area contributed by atoms with E-state index in [1.54, 1.807) is 0 Å². The number of rotatable bonds is 2. The number of hydrogen-bond acceptors (Lipinski definition) is 3. The van der Waals surface area contributed by atoms with Crippen molar-refractivity contribution in [1.82, 2.24) is 0 Å². The molecule has 0 aromatic heterocycles. The summed E-state index contributed by atoms with van der Waals surface area (Å²) in [6.45, 7) is 3.98.